The third kappa shape index (κ3) is 72.3. The van der Waals surface area contributed by atoms with Gasteiger partial charge < -0.3 is 9.79 Å². The molecule has 0 amide bonds. The van der Waals surface area contributed by atoms with Crippen LogP contribution in [0, 0.1) is 0 Å². The molecule has 5 heteroatoms. The number of hydrogen-bond donors (Lipinski definition) is 2. The lowest BCUT2D eigenvalue weighted by Crippen LogP contribution is -1.38. The molecule has 5 heavy (non-hydrogen) atoms. The standard InChI is InChI=1S/Al.H3O3P.3H/c;1-4(2)3;;;/h;4H,(H2,1,2,3);;;. The lowest BCUT2D eigenvalue weighted by Gasteiger charge is -1.61. The van der Waals surface area contributed by atoms with E-state index in [-0.39, 0.29) is 17.4 Å². The van der Waals surface area contributed by atoms with Crippen LogP contribution < -0.4 is 0 Å². The second-order valence-electron chi connectivity index (χ2n) is 0.283. The average Bonchev–Trinajstić information content (AvgIpc) is 0.811. The predicted octanol–water partition coefficient (Wildman–Crippen LogP) is -1.82. The maximum absolute atomic E-state index is 8.74. The molecule has 32 valence electrons. The Morgan fingerprint density at radius 2 is 1.40 bits per heavy atom. The van der Waals surface area contributed by atoms with Gasteiger partial charge in [0, 0.05) is 0 Å². The van der Waals surface area contributed by atoms with E-state index in [4.69, 9.17) is 14.4 Å². The first-order valence-corrected chi connectivity index (χ1v) is 1.95. The van der Waals surface area contributed by atoms with E-state index in [1.54, 1.807) is 0 Å². The van der Waals surface area contributed by atoms with Crippen LogP contribution in [0.5, 0.6) is 0 Å². The number of rotatable bonds is 0. The molecule has 0 radical (unpaired) electrons. The van der Waals surface area contributed by atoms with Crippen molar-refractivity contribution < 1.29 is 14.4 Å². The van der Waals surface area contributed by atoms with Gasteiger partial charge in [-0.1, -0.05) is 0 Å². The molecule has 0 aromatic carbocycles. The highest BCUT2D eigenvalue weighted by molar-refractivity contribution is 7.30. The monoisotopic (exact) mass is 112 g/mol. The summed E-state index contributed by atoms with van der Waals surface area (Å²) in [7, 11) is -3.13. The third-order valence-corrected chi connectivity index (χ3v) is 0. The Bertz CT molecular complexity index is 29.9. The molecule has 0 aromatic rings. The van der Waals surface area contributed by atoms with Crippen LogP contribution in [0.3, 0.4) is 0 Å². The maximum atomic E-state index is 8.74. The molecule has 0 saturated heterocycles. The second-order valence-corrected chi connectivity index (χ2v) is 0.848. The van der Waals surface area contributed by atoms with Gasteiger partial charge in [0.2, 0.25) is 0 Å². The van der Waals surface area contributed by atoms with Gasteiger partial charge in [0.15, 0.2) is 17.4 Å². The van der Waals surface area contributed by atoms with Crippen molar-refractivity contribution in [3.8, 4) is 0 Å². The molecule has 0 bridgehead atoms. The van der Waals surface area contributed by atoms with E-state index in [1.807, 2.05) is 0 Å². The maximum Gasteiger partial charge on any atom is 0.314 e. The van der Waals surface area contributed by atoms with E-state index in [0.717, 1.165) is 0 Å². The fraction of sp³-hybridized carbons (Fsp3) is 0. The minimum Gasteiger partial charge on any atom is -0.326 e. The smallest absolute Gasteiger partial charge is 0.314 e. The van der Waals surface area contributed by atoms with Crippen molar-refractivity contribution in [2.45, 2.75) is 0 Å². The van der Waals surface area contributed by atoms with Crippen LogP contribution in [-0.4, -0.2) is 27.1 Å². The summed E-state index contributed by atoms with van der Waals surface area (Å²) in [5.41, 5.74) is 0. The summed E-state index contributed by atoms with van der Waals surface area (Å²) in [4.78, 5) is 14.3. The van der Waals surface area contributed by atoms with Gasteiger partial charge in [-0.05, 0) is 0 Å². The molecule has 3 nitrogen and oxygen atoms in total. The molecule has 0 heterocycles. The average molecular weight is 112 g/mol. The predicted molar refractivity (Wildman–Crippen MR) is 23.4 cm³/mol. The molecule has 0 aliphatic heterocycles. The van der Waals surface area contributed by atoms with Crippen LogP contribution in [0.15, 0.2) is 0 Å². The molecular weight excluding hydrogens is 106 g/mol. The van der Waals surface area contributed by atoms with Crippen molar-refractivity contribution in [2.75, 3.05) is 0 Å². The van der Waals surface area contributed by atoms with Gasteiger partial charge in [-0.3, -0.25) is 4.57 Å². The Morgan fingerprint density at radius 3 is 1.40 bits per heavy atom. The highest BCUT2D eigenvalue weighted by Gasteiger charge is 1.61. The van der Waals surface area contributed by atoms with Crippen LogP contribution in [0.2, 0.25) is 0 Å². The van der Waals surface area contributed by atoms with Crippen LogP contribution in [0.25, 0.3) is 0 Å². The van der Waals surface area contributed by atoms with Gasteiger partial charge in [0.05, 0.1) is 0 Å². The topological polar surface area (TPSA) is 57.5 Å². The molecule has 2 N–H and O–H groups in total. The lowest BCUT2D eigenvalue weighted by atomic mass is 15.8. The first-order chi connectivity index (χ1) is 1.73. The minimum atomic E-state index is -3.13. The molecule has 0 unspecified atom stereocenters. The zero-order valence-electron chi connectivity index (χ0n) is 1.80. The SMILES string of the molecule is O=[PH](O)O.[AlH3]. The van der Waals surface area contributed by atoms with Crippen LogP contribution in [-0.2, 0) is 4.57 Å². The van der Waals surface area contributed by atoms with E-state index < -0.39 is 8.25 Å². The van der Waals surface area contributed by atoms with Gasteiger partial charge in [-0.2, -0.15) is 0 Å². The number of hydrogen-bond acceptors (Lipinski definition) is 1. The molecule has 0 aromatic heterocycles. The van der Waals surface area contributed by atoms with Crippen molar-refractivity contribution in [2.24, 2.45) is 0 Å². The molecular formula is H6AlO3P. The first-order valence-electron chi connectivity index (χ1n) is 0.651. The Balaban J connectivity index is 0. The molecule has 0 aliphatic carbocycles. The summed E-state index contributed by atoms with van der Waals surface area (Å²) in [5.74, 6) is 0. The summed E-state index contributed by atoms with van der Waals surface area (Å²) in [6, 6.07) is 0. The summed E-state index contributed by atoms with van der Waals surface area (Å²) in [5, 5.41) is 0. The van der Waals surface area contributed by atoms with Crippen molar-refractivity contribution >= 4 is 25.6 Å². The summed E-state index contributed by atoms with van der Waals surface area (Å²) < 4.78 is 8.74. The van der Waals surface area contributed by atoms with Gasteiger partial charge in [0.25, 0.3) is 0 Å². The van der Waals surface area contributed by atoms with E-state index in [2.05, 4.69) is 0 Å². The summed E-state index contributed by atoms with van der Waals surface area (Å²) >= 11 is 0. The Kier molecular flexibility index (Phi) is 8.60. The third-order valence-electron chi connectivity index (χ3n) is 0. The van der Waals surface area contributed by atoms with E-state index in [0.29, 0.717) is 0 Å². The first kappa shape index (κ1) is 9.19. The quantitative estimate of drug-likeness (QED) is 0.286. The normalized spacial score (nSPS) is 7.00. The van der Waals surface area contributed by atoms with Crippen molar-refractivity contribution in [1.29, 1.82) is 0 Å². The van der Waals surface area contributed by atoms with Gasteiger partial charge in [0.1, 0.15) is 0 Å². The Labute approximate surface area is 40.7 Å². The largest absolute Gasteiger partial charge is 0.326 e. The zero-order chi connectivity index (χ0) is 3.58. The van der Waals surface area contributed by atoms with Crippen LogP contribution >= 0.6 is 8.25 Å². The minimum absolute atomic E-state index is 0. The van der Waals surface area contributed by atoms with Crippen molar-refractivity contribution in [1.82, 2.24) is 0 Å². The van der Waals surface area contributed by atoms with E-state index in [9.17, 15) is 0 Å². The molecule has 0 atom stereocenters. The summed E-state index contributed by atoms with van der Waals surface area (Å²) in [6.45, 7) is 0. The molecule has 0 fully saturated rings. The Morgan fingerprint density at radius 1 is 1.40 bits per heavy atom. The van der Waals surface area contributed by atoms with Crippen molar-refractivity contribution in [3.63, 3.8) is 0 Å². The van der Waals surface area contributed by atoms with E-state index >= 15 is 0 Å². The van der Waals surface area contributed by atoms with Crippen LogP contribution in [0.1, 0.15) is 0 Å². The highest BCUT2D eigenvalue weighted by atomic mass is 31.1. The molecule has 0 rings (SSSR count). The second kappa shape index (κ2) is 4.68. The fourth-order valence-corrected chi connectivity index (χ4v) is 0. The van der Waals surface area contributed by atoms with Gasteiger partial charge in [-0.15, -0.1) is 0 Å². The van der Waals surface area contributed by atoms with E-state index in [1.165, 1.54) is 0 Å². The Hall–Kier alpha value is 0.682. The van der Waals surface area contributed by atoms with Gasteiger partial charge >= 0.3 is 8.25 Å². The fourth-order valence-electron chi connectivity index (χ4n) is 0. The van der Waals surface area contributed by atoms with Crippen molar-refractivity contribution in [3.05, 3.63) is 0 Å². The summed E-state index contributed by atoms with van der Waals surface area (Å²) in [6.07, 6.45) is 0. The molecule has 0 aliphatic rings. The molecule has 0 spiro atoms. The lowest BCUT2D eigenvalue weighted by molar-refractivity contribution is 0.405. The van der Waals surface area contributed by atoms with Gasteiger partial charge in [-0.25, -0.2) is 0 Å². The molecule has 0 saturated carbocycles. The zero-order valence-corrected chi connectivity index (χ0v) is 2.80. The van der Waals surface area contributed by atoms with Crippen LogP contribution in [0.4, 0.5) is 0 Å². The highest BCUT2D eigenvalue weighted by Crippen LogP contribution is 1.98.